The van der Waals surface area contributed by atoms with Crippen LogP contribution in [0.1, 0.15) is 18.8 Å². The van der Waals surface area contributed by atoms with Gasteiger partial charge in [0.15, 0.2) is 0 Å². The van der Waals surface area contributed by atoms with E-state index >= 15 is 0 Å². The number of nitrogens with zero attached hydrogens (tertiary/aromatic N) is 3. The molecule has 1 aliphatic rings. The minimum atomic E-state index is 0.136. The molecule has 23 heavy (non-hydrogen) atoms. The Morgan fingerprint density at radius 3 is 3.00 bits per heavy atom. The van der Waals surface area contributed by atoms with E-state index in [1.165, 1.54) is 5.69 Å². The molecule has 118 valence electrons. The quantitative estimate of drug-likeness (QED) is 0.720. The maximum absolute atomic E-state index is 4.75. The molecule has 0 saturated carbocycles. The molecule has 1 aliphatic heterocycles. The molecule has 1 N–H and O–H groups in total. The van der Waals surface area contributed by atoms with E-state index in [0.29, 0.717) is 6.04 Å². The molecule has 4 rings (SSSR count). The first-order valence-corrected chi connectivity index (χ1v) is 9.33. The summed E-state index contributed by atoms with van der Waals surface area (Å²) in [5, 5.41) is 6.81. The van der Waals surface area contributed by atoms with Gasteiger partial charge in [0.1, 0.15) is 10.7 Å². The summed E-state index contributed by atoms with van der Waals surface area (Å²) in [5.74, 6) is 0.878. The summed E-state index contributed by atoms with van der Waals surface area (Å²) in [6, 6.07) is 10.9. The van der Waals surface area contributed by atoms with E-state index in [1.54, 1.807) is 11.3 Å². The summed E-state index contributed by atoms with van der Waals surface area (Å²) < 4.78 is 1.13. The first kappa shape index (κ1) is 15.1. The molecular formula is C17H17BrN4S. The Hall–Kier alpha value is -1.50. The van der Waals surface area contributed by atoms with Gasteiger partial charge in [-0.1, -0.05) is 12.1 Å². The van der Waals surface area contributed by atoms with Crippen LogP contribution in [-0.4, -0.2) is 29.1 Å². The van der Waals surface area contributed by atoms with Crippen molar-refractivity contribution in [2.45, 2.75) is 19.0 Å². The lowest BCUT2D eigenvalue weighted by atomic mass is 10.1. The number of hydrogen-bond donors (Lipinski definition) is 1. The SMILES string of the molecule is CC1CN(c2ccccc2Br)CC(c2ncc3ccsc3n2)N1. The molecule has 3 aromatic rings. The second kappa shape index (κ2) is 6.19. The molecule has 2 atom stereocenters. The fraction of sp³-hybridized carbons (Fsp3) is 0.294. The maximum Gasteiger partial charge on any atom is 0.148 e. The highest BCUT2D eigenvalue weighted by molar-refractivity contribution is 9.10. The van der Waals surface area contributed by atoms with E-state index in [9.17, 15) is 0 Å². The van der Waals surface area contributed by atoms with Crippen LogP contribution in [0.3, 0.4) is 0 Å². The average molecular weight is 389 g/mol. The van der Waals surface area contributed by atoms with Crippen molar-refractivity contribution in [1.29, 1.82) is 0 Å². The lowest BCUT2D eigenvalue weighted by Gasteiger charge is -2.38. The van der Waals surface area contributed by atoms with Crippen molar-refractivity contribution in [3.63, 3.8) is 0 Å². The van der Waals surface area contributed by atoms with Gasteiger partial charge in [-0.05, 0) is 46.4 Å². The zero-order valence-corrected chi connectivity index (χ0v) is 15.1. The Morgan fingerprint density at radius 1 is 1.26 bits per heavy atom. The molecule has 1 fully saturated rings. The smallest absolute Gasteiger partial charge is 0.148 e. The third-order valence-corrected chi connectivity index (χ3v) is 5.61. The van der Waals surface area contributed by atoms with Crippen LogP contribution in [0.4, 0.5) is 5.69 Å². The van der Waals surface area contributed by atoms with Crippen LogP contribution in [0.5, 0.6) is 0 Å². The highest BCUT2D eigenvalue weighted by Gasteiger charge is 2.28. The molecule has 0 radical (unpaired) electrons. The van der Waals surface area contributed by atoms with Crippen LogP contribution >= 0.6 is 27.3 Å². The van der Waals surface area contributed by atoms with E-state index in [2.05, 4.69) is 67.7 Å². The molecule has 4 nitrogen and oxygen atoms in total. The van der Waals surface area contributed by atoms with Gasteiger partial charge in [-0.15, -0.1) is 11.3 Å². The number of aromatic nitrogens is 2. The Balaban J connectivity index is 1.65. The summed E-state index contributed by atoms with van der Waals surface area (Å²) in [7, 11) is 0. The van der Waals surface area contributed by atoms with Gasteiger partial charge in [0.05, 0.1) is 11.7 Å². The number of nitrogens with one attached hydrogen (secondary N) is 1. The molecule has 6 heteroatoms. The predicted octanol–water partition coefficient (Wildman–Crippen LogP) is 3.99. The van der Waals surface area contributed by atoms with Crippen molar-refractivity contribution in [3.05, 3.63) is 52.2 Å². The number of thiophene rings is 1. The van der Waals surface area contributed by atoms with E-state index in [4.69, 9.17) is 4.98 Å². The number of piperazine rings is 1. The van der Waals surface area contributed by atoms with Crippen molar-refractivity contribution in [3.8, 4) is 0 Å². The molecule has 1 saturated heterocycles. The summed E-state index contributed by atoms with van der Waals surface area (Å²) in [4.78, 5) is 12.8. The lowest BCUT2D eigenvalue weighted by Crippen LogP contribution is -2.51. The van der Waals surface area contributed by atoms with Gasteiger partial charge in [0, 0.05) is 35.2 Å². The van der Waals surface area contributed by atoms with Crippen LogP contribution in [-0.2, 0) is 0 Å². The van der Waals surface area contributed by atoms with Gasteiger partial charge in [0.2, 0.25) is 0 Å². The van der Waals surface area contributed by atoms with Gasteiger partial charge in [-0.25, -0.2) is 9.97 Å². The van der Waals surface area contributed by atoms with Gasteiger partial charge in [-0.2, -0.15) is 0 Å². The van der Waals surface area contributed by atoms with Gasteiger partial charge in [0.25, 0.3) is 0 Å². The molecule has 0 aliphatic carbocycles. The second-order valence-corrected chi connectivity index (χ2v) is 7.63. The third-order valence-electron chi connectivity index (χ3n) is 4.11. The summed E-state index contributed by atoms with van der Waals surface area (Å²) in [6.07, 6.45) is 1.93. The van der Waals surface area contributed by atoms with E-state index < -0.39 is 0 Å². The van der Waals surface area contributed by atoms with Crippen molar-refractivity contribution < 1.29 is 0 Å². The zero-order chi connectivity index (χ0) is 15.8. The maximum atomic E-state index is 4.75. The van der Waals surface area contributed by atoms with Gasteiger partial charge < -0.3 is 10.2 Å². The number of fused-ring (bicyclic) bond motifs is 1. The zero-order valence-electron chi connectivity index (χ0n) is 12.7. The topological polar surface area (TPSA) is 41.1 Å². The van der Waals surface area contributed by atoms with Crippen LogP contribution in [0.2, 0.25) is 0 Å². The van der Waals surface area contributed by atoms with Gasteiger partial charge >= 0.3 is 0 Å². The van der Waals surface area contributed by atoms with Gasteiger partial charge in [-0.3, -0.25) is 0 Å². The highest BCUT2D eigenvalue weighted by atomic mass is 79.9. The largest absolute Gasteiger partial charge is 0.367 e. The number of hydrogen-bond acceptors (Lipinski definition) is 5. The van der Waals surface area contributed by atoms with E-state index in [-0.39, 0.29) is 6.04 Å². The minimum absolute atomic E-state index is 0.136. The minimum Gasteiger partial charge on any atom is -0.367 e. The summed E-state index contributed by atoms with van der Waals surface area (Å²) in [6.45, 7) is 4.05. The molecule has 0 amide bonds. The Kier molecular flexibility index (Phi) is 4.05. The fourth-order valence-electron chi connectivity index (χ4n) is 3.07. The third kappa shape index (κ3) is 2.98. The van der Waals surface area contributed by atoms with E-state index in [0.717, 1.165) is 33.6 Å². The van der Waals surface area contributed by atoms with Crippen LogP contribution in [0, 0.1) is 0 Å². The summed E-state index contributed by atoms with van der Waals surface area (Å²) >= 11 is 5.33. The number of rotatable bonds is 2. The van der Waals surface area contributed by atoms with Crippen molar-refractivity contribution in [1.82, 2.24) is 15.3 Å². The van der Waals surface area contributed by atoms with Crippen LogP contribution in [0.15, 0.2) is 46.4 Å². The highest BCUT2D eigenvalue weighted by Crippen LogP contribution is 2.30. The molecule has 1 aromatic carbocycles. The van der Waals surface area contributed by atoms with Crippen molar-refractivity contribution in [2.24, 2.45) is 0 Å². The normalized spacial score (nSPS) is 21.7. The monoisotopic (exact) mass is 388 g/mol. The van der Waals surface area contributed by atoms with Crippen molar-refractivity contribution >= 4 is 43.2 Å². The standard InChI is InChI=1S/C17H17BrN4S/c1-11-9-22(15-5-3-2-4-13(15)18)10-14(20-11)16-19-8-12-6-7-23-17(12)21-16/h2-8,11,14,20H,9-10H2,1H3. The average Bonchev–Trinajstić information content (AvgIpc) is 3.02. The molecule has 2 aromatic heterocycles. The molecule has 3 heterocycles. The Morgan fingerprint density at radius 2 is 2.13 bits per heavy atom. The molecular weight excluding hydrogens is 372 g/mol. The Bertz CT molecular complexity index is 834. The van der Waals surface area contributed by atoms with E-state index in [1.807, 2.05) is 12.3 Å². The molecule has 2 unspecified atom stereocenters. The lowest BCUT2D eigenvalue weighted by molar-refractivity contribution is 0.384. The Labute approximate surface area is 147 Å². The number of halogens is 1. The summed E-state index contributed by atoms with van der Waals surface area (Å²) in [5.41, 5.74) is 1.23. The second-order valence-electron chi connectivity index (χ2n) is 5.89. The number of anilines is 1. The first-order chi connectivity index (χ1) is 11.2. The number of benzene rings is 1. The number of para-hydroxylation sites is 1. The predicted molar refractivity (Wildman–Crippen MR) is 99.1 cm³/mol. The first-order valence-electron chi connectivity index (χ1n) is 7.66. The fourth-order valence-corrected chi connectivity index (χ4v) is 4.35. The van der Waals surface area contributed by atoms with Crippen LogP contribution < -0.4 is 10.2 Å². The molecule has 0 bridgehead atoms. The molecule has 0 spiro atoms. The van der Waals surface area contributed by atoms with Crippen LogP contribution in [0.25, 0.3) is 10.2 Å². The van der Waals surface area contributed by atoms with Crippen molar-refractivity contribution in [2.75, 3.05) is 18.0 Å².